The van der Waals surface area contributed by atoms with E-state index in [1.165, 1.54) is 18.6 Å². The van der Waals surface area contributed by atoms with Crippen molar-refractivity contribution < 1.29 is 23.9 Å². The molecular formula is C31H47N5O5. The van der Waals surface area contributed by atoms with Crippen molar-refractivity contribution in [2.45, 2.75) is 117 Å². The van der Waals surface area contributed by atoms with Crippen LogP contribution in [0.5, 0.6) is 0 Å². The fraction of sp³-hybridized carbons (Fsp3) is 0.742. The van der Waals surface area contributed by atoms with Crippen LogP contribution in [0.4, 0.5) is 0 Å². The molecule has 0 bridgehead atoms. The molecule has 1 aromatic rings. The van der Waals surface area contributed by atoms with Crippen molar-refractivity contribution in [3.05, 3.63) is 24.3 Å². The minimum Gasteiger partial charge on any atom is -0.458 e. The molecule has 0 unspecified atom stereocenters. The van der Waals surface area contributed by atoms with Gasteiger partial charge in [-0.1, -0.05) is 46.5 Å². The maximum atomic E-state index is 14.3. The summed E-state index contributed by atoms with van der Waals surface area (Å²) in [6, 6.07) is -2.37. The molecule has 1 saturated heterocycles. The van der Waals surface area contributed by atoms with E-state index in [1.807, 2.05) is 41.5 Å². The first-order valence-corrected chi connectivity index (χ1v) is 15.2. The van der Waals surface area contributed by atoms with Crippen molar-refractivity contribution in [2.24, 2.45) is 23.2 Å². The Kier molecular flexibility index (Phi) is 9.39. The van der Waals surface area contributed by atoms with Crippen molar-refractivity contribution in [3.8, 4) is 0 Å². The number of esters is 1. The van der Waals surface area contributed by atoms with Gasteiger partial charge < -0.3 is 20.3 Å². The number of rotatable bonds is 7. The zero-order chi connectivity index (χ0) is 29.9. The monoisotopic (exact) mass is 569 g/mol. The molecule has 0 spiro atoms. The summed E-state index contributed by atoms with van der Waals surface area (Å²) in [5.74, 6) is -1.27. The van der Waals surface area contributed by atoms with Crippen LogP contribution >= 0.6 is 0 Å². The molecule has 41 heavy (non-hydrogen) atoms. The Balaban J connectivity index is 1.58. The number of nitrogens with zero attached hydrogens (tertiary/aromatic N) is 3. The number of amides is 3. The van der Waals surface area contributed by atoms with Crippen LogP contribution in [0.2, 0.25) is 0 Å². The third kappa shape index (κ3) is 7.43. The van der Waals surface area contributed by atoms with E-state index in [-0.39, 0.29) is 35.3 Å². The highest BCUT2D eigenvalue weighted by Gasteiger charge is 2.53. The van der Waals surface area contributed by atoms with Crippen LogP contribution in [-0.4, -0.2) is 68.8 Å². The lowest BCUT2D eigenvalue weighted by Gasteiger charge is -2.38. The van der Waals surface area contributed by atoms with Gasteiger partial charge in [-0.3, -0.25) is 19.4 Å². The normalized spacial score (nSPS) is 24.7. The lowest BCUT2D eigenvalue weighted by atomic mass is 9.82. The van der Waals surface area contributed by atoms with E-state index in [4.69, 9.17) is 4.74 Å². The molecular weight excluding hydrogens is 522 g/mol. The van der Waals surface area contributed by atoms with Gasteiger partial charge in [-0.15, -0.1) is 0 Å². The maximum Gasteiger partial charge on any atom is 0.329 e. The quantitative estimate of drug-likeness (QED) is 0.479. The maximum absolute atomic E-state index is 14.3. The smallest absolute Gasteiger partial charge is 0.329 e. The van der Waals surface area contributed by atoms with Gasteiger partial charge in [0.1, 0.15) is 29.4 Å². The molecule has 1 aromatic heterocycles. The Labute approximate surface area is 243 Å². The van der Waals surface area contributed by atoms with Crippen LogP contribution in [-0.2, 0) is 19.1 Å². The van der Waals surface area contributed by atoms with Crippen molar-refractivity contribution in [1.29, 1.82) is 0 Å². The van der Waals surface area contributed by atoms with Gasteiger partial charge in [0.15, 0.2) is 0 Å². The van der Waals surface area contributed by atoms with E-state index >= 15 is 0 Å². The number of carbonyl (C=O) groups is 4. The van der Waals surface area contributed by atoms with Crippen LogP contribution in [0.3, 0.4) is 0 Å². The van der Waals surface area contributed by atoms with E-state index in [0.29, 0.717) is 6.54 Å². The number of nitrogens with one attached hydrogen (secondary N) is 2. The van der Waals surface area contributed by atoms with Crippen molar-refractivity contribution in [3.63, 3.8) is 0 Å². The first-order valence-electron chi connectivity index (χ1n) is 15.2. The average molecular weight is 570 g/mol. The Morgan fingerprint density at radius 1 is 0.927 bits per heavy atom. The van der Waals surface area contributed by atoms with Gasteiger partial charge in [0.2, 0.25) is 11.8 Å². The van der Waals surface area contributed by atoms with Crippen molar-refractivity contribution >= 4 is 23.7 Å². The van der Waals surface area contributed by atoms with Gasteiger partial charge in [-0.05, 0) is 69.6 Å². The first kappa shape index (κ1) is 30.9. The predicted octanol–water partition coefficient (Wildman–Crippen LogP) is 3.66. The largest absolute Gasteiger partial charge is 0.458 e. The molecule has 0 radical (unpaired) electrons. The third-order valence-electron chi connectivity index (χ3n) is 8.71. The number of hydrogen-bond donors (Lipinski definition) is 2. The highest BCUT2D eigenvalue weighted by atomic mass is 16.6. The Bertz CT molecular complexity index is 1110. The molecule has 3 amide bonds. The van der Waals surface area contributed by atoms with Gasteiger partial charge in [-0.25, -0.2) is 9.78 Å². The Morgan fingerprint density at radius 2 is 1.63 bits per heavy atom. The Hall–Kier alpha value is -3.04. The molecule has 3 aliphatic rings. The summed E-state index contributed by atoms with van der Waals surface area (Å²) < 4.78 is 5.78. The SMILES string of the molecule is CC(C)(C)OC(=O)[C@@H]1[C@H]2CCC[C@H]2CN1C(=O)[C@H](NC(=O)[C@@H](NC(=O)c1cnccn1)C1CCCCC1)C(C)(C)C. The summed E-state index contributed by atoms with van der Waals surface area (Å²) in [6.45, 7) is 11.7. The third-order valence-corrected chi connectivity index (χ3v) is 8.71. The number of hydrogen-bond acceptors (Lipinski definition) is 7. The zero-order valence-corrected chi connectivity index (χ0v) is 25.4. The standard InChI is InChI=1S/C31H47N5O5/c1-30(2,3)25(28(39)36-18-20-13-10-14-21(20)24(36)29(40)41-31(4,5)6)35-27(38)23(19-11-8-7-9-12-19)34-26(37)22-17-32-15-16-33-22/h15-17,19-21,23-25H,7-14,18H2,1-6H3,(H,34,37)(H,35,38)/t20-,21-,23-,24-,25-/m0/s1. The average Bonchev–Trinajstić information content (AvgIpc) is 3.50. The van der Waals surface area contributed by atoms with E-state index in [0.717, 1.165) is 51.4 Å². The summed E-state index contributed by atoms with van der Waals surface area (Å²) in [6.07, 6.45) is 11.8. The summed E-state index contributed by atoms with van der Waals surface area (Å²) >= 11 is 0. The van der Waals surface area contributed by atoms with E-state index in [9.17, 15) is 19.2 Å². The molecule has 2 heterocycles. The summed E-state index contributed by atoms with van der Waals surface area (Å²) in [4.78, 5) is 64.4. The van der Waals surface area contributed by atoms with Crippen LogP contribution in [0.25, 0.3) is 0 Å². The summed E-state index contributed by atoms with van der Waals surface area (Å²) in [7, 11) is 0. The second-order valence-corrected chi connectivity index (χ2v) is 14.1. The van der Waals surface area contributed by atoms with Gasteiger partial charge in [0, 0.05) is 18.9 Å². The summed E-state index contributed by atoms with van der Waals surface area (Å²) in [5, 5.41) is 5.93. The highest BCUT2D eigenvalue weighted by Crippen LogP contribution is 2.43. The zero-order valence-electron chi connectivity index (χ0n) is 25.4. The number of carbonyl (C=O) groups excluding carboxylic acids is 4. The predicted molar refractivity (Wildman–Crippen MR) is 153 cm³/mol. The van der Waals surface area contributed by atoms with Crippen LogP contribution in [0.1, 0.15) is 103 Å². The number of ether oxygens (including phenoxy) is 1. The molecule has 2 N–H and O–H groups in total. The topological polar surface area (TPSA) is 131 Å². The van der Waals surface area contributed by atoms with E-state index in [1.54, 1.807) is 4.90 Å². The molecule has 10 nitrogen and oxygen atoms in total. The molecule has 1 aliphatic heterocycles. The molecule has 4 rings (SSSR count). The van der Waals surface area contributed by atoms with Crippen LogP contribution in [0, 0.1) is 23.2 Å². The van der Waals surface area contributed by atoms with Gasteiger partial charge >= 0.3 is 5.97 Å². The van der Waals surface area contributed by atoms with Crippen LogP contribution in [0.15, 0.2) is 18.6 Å². The highest BCUT2D eigenvalue weighted by molar-refractivity contribution is 5.98. The summed E-state index contributed by atoms with van der Waals surface area (Å²) in [5.41, 5.74) is -1.18. The van der Waals surface area contributed by atoms with E-state index < -0.39 is 41.0 Å². The van der Waals surface area contributed by atoms with Gasteiger partial charge in [-0.2, -0.15) is 0 Å². The number of aromatic nitrogens is 2. The second-order valence-electron chi connectivity index (χ2n) is 14.1. The Morgan fingerprint density at radius 3 is 2.24 bits per heavy atom. The molecule has 2 saturated carbocycles. The van der Waals surface area contributed by atoms with E-state index in [2.05, 4.69) is 20.6 Å². The molecule has 3 fully saturated rings. The minimum atomic E-state index is -0.890. The molecule has 226 valence electrons. The van der Waals surface area contributed by atoms with Gasteiger partial charge in [0.05, 0.1) is 6.20 Å². The molecule has 2 aliphatic carbocycles. The van der Waals surface area contributed by atoms with Crippen molar-refractivity contribution in [1.82, 2.24) is 25.5 Å². The second kappa shape index (κ2) is 12.4. The molecule has 0 aromatic carbocycles. The molecule has 10 heteroatoms. The number of fused-ring (bicyclic) bond motifs is 1. The van der Waals surface area contributed by atoms with Gasteiger partial charge in [0.25, 0.3) is 5.91 Å². The minimum absolute atomic E-state index is 0.0549. The fourth-order valence-electron chi connectivity index (χ4n) is 6.74. The fourth-order valence-corrected chi connectivity index (χ4v) is 6.74. The first-order chi connectivity index (χ1) is 19.3. The van der Waals surface area contributed by atoms with Crippen molar-refractivity contribution in [2.75, 3.05) is 6.54 Å². The lowest BCUT2D eigenvalue weighted by molar-refractivity contribution is -0.165. The lowest BCUT2D eigenvalue weighted by Crippen LogP contribution is -2.61. The number of likely N-dealkylation sites (tertiary alicyclic amines) is 1. The van der Waals surface area contributed by atoms with Crippen LogP contribution < -0.4 is 10.6 Å². The molecule has 5 atom stereocenters.